The minimum Gasteiger partial charge on any atom is -0.486 e. The first-order valence-electron chi connectivity index (χ1n) is 6.37. The molecule has 19 heavy (non-hydrogen) atoms. The van der Waals surface area contributed by atoms with Crippen LogP contribution in [0.5, 0.6) is 5.75 Å². The lowest BCUT2D eigenvalue weighted by molar-refractivity contribution is 0.303. The highest BCUT2D eigenvalue weighted by Gasteiger charge is 2.08. The molecule has 1 heterocycles. The molecule has 0 aliphatic rings. The summed E-state index contributed by atoms with van der Waals surface area (Å²) in [5, 5.41) is 0.983. The molecule has 0 radical (unpaired) electrons. The third kappa shape index (κ3) is 3.14. The number of nitrogens with zero attached hydrogens (tertiary/aromatic N) is 1. The van der Waals surface area contributed by atoms with Gasteiger partial charge in [0.25, 0.3) is 0 Å². The summed E-state index contributed by atoms with van der Waals surface area (Å²) in [7, 11) is 0. The van der Waals surface area contributed by atoms with Gasteiger partial charge in [-0.3, -0.25) is 0 Å². The Hall–Kier alpha value is -1.39. The van der Waals surface area contributed by atoms with Crippen LogP contribution >= 0.6 is 11.3 Å². The van der Waals surface area contributed by atoms with Crippen LogP contribution in [0.1, 0.15) is 32.3 Å². The average molecular weight is 276 g/mol. The fourth-order valence-corrected chi connectivity index (χ4v) is 2.89. The maximum absolute atomic E-state index is 5.90. The molecule has 0 atom stereocenters. The molecule has 2 rings (SSSR count). The van der Waals surface area contributed by atoms with Crippen LogP contribution in [0.4, 0.5) is 0 Å². The molecule has 3 nitrogen and oxygen atoms in total. The zero-order chi connectivity index (χ0) is 14.0. The highest BCUT2D eigenvalue weighted by atomic mass is 32.1. The average Bonchev–Trinajstić information content (AvgIpc) is 2.72. The van der Waals surface area contributed by atoms with Crippen molar-refractivity contribution in [2.75, 3.05) is 0 Å². The molecule has 4 heteroatoms. The van der Waals surface area contributed by atoms with Gasteiger partial charge in [-0.25, -0.2) is 4.98 Å². The molecule has 0 unspecified atom stereocenters. The number of aromatic nitrogens is 1. The minimum atomic E-state index is 0.509. The Morgan fingerprint density at radius 3 is 2.58 bits per heavy atom. The zero-order valence-electron chi connectivity index (χ0n) is 11.9. The lowest BCUT2D eigenvalue weighted by atomic mass is 10.1. The number of benzene rings is 1. The molecule has 0 saturated heterocycles. The first-order chi connectivity index (χ1) is 9.01. The lowest BCUT2D eigenvalue weighted by Gasteiger charge is -2.11. The molecule has 0 saturated carbocycles. The maximum atomic E-state index is 5.90. The Labute approximate surface area is 118 Å². The molecule has 1 aromatic heterocycles. The fourth-order valence-electron chi connectivity index (χ4n) is 2.03. The van der Waals surface area contributed by atoms with E-state index >= 15 is 0 Å². The van der Waals surface area contributed by atoms with Gasteiger partial charge in [-0.05, 0) is 50.5 Å². The topological polar surface area (TPSA) is 48.1 Å². The Bertz CT molecular complexity index is 590. The number of hydrogen-bond donors (Lipinski definition) is 1. The van der Waals surface area contributed by atoms with Crippen LogP contribution in [0.25, 0.3) is 0 Å². The van der Waals surface area contributed by atoms with Crippen LogP contribution in [-0.2, 0) is 13.2 Å². The van der Waals surface area contributed by atoms with E-state index in [-0.39, 0.29) is 0 Å². The van der Waals surface area contributed by atoms with Crippen molar-refractivity contribution in [1.82, 2.24) is 4.98 Å². The van der Waals surface area contributed by atoms with E-state index in [9.17, 15) is 0 Å². The molecular weight excluding hydrogens is 256 g/mol. The number of aryl methyl sites for hydroxylation is 3. The van der Waals surface area contributed by atoms with Crippen molar-refractivity contribution in [2.24, 2.45) is 5.73 Å². The number of thiazole rings is 1. The molecule has 0 fully saturated rings. The molecule has 2 N–H and O–H groups in total. The van der Waals surface area contributed by atoms with Crippen LogP contribution in [-0.4, -0.2) is 4.98 Å². The van der Waals surface area contributed by atoms with Gasteiger partial charge in [0.15, 0.2) is 0 Å². The number of ether oxygens (including phenoxy) is 1. The van der Waals surface area contributed by atoms with Crippen molar-refractivity contribution < 1.29 is 4.74 Å². The molecule has 0 aliphatic carbocycles. The van der Waals surface area contributed by atoms with Crippen molar-refractivity contribution in [3.8, 4) is 5.75 Å². The van der Waals surface area contributed by atoms with Gasteiger partial charge in [0.2, 0.25) is 0 Å². The second-order valence-electron chi connectivity index (χ2n) is 4.81. The van der Waals surface area contributed by atoms with E-state index in [2.05, 4.69) is 37.9 Å². The van der Waals surface area contributed by atoms with Gasteiger partial charge in [-0.2, -0.15) is 0 Å². The predicted octanol–water partition coefficient (Wildman–Crippen LogP) is 3.41. The predicted molar refractivity (Wildman–Crippen MR) is 79.7 cm³/mol. The summed E-state index contributed by atoms with van der Waals surface area (Å²) >= 11 is 1.63. The van der Waals surface area contributed by atoms with Gasteiger partial charge >= 0.3 is 0 Å². The van der Waals surface area contributed by atoms with Crippen molar-refractivity contribution >= 4 is 11.3 Å². The summed E-state index contributed by atoms with van der Waals surface area (Å²) in [5.41, 5.74) is 10.4. The van der Waals surface area contributed by atoms with Crippen molar-refractivity contribution in [1.29, 1.82) is 0 Å². The standard InChI is InChI=1S/C15H20N2OS/c1-9-5-10(2)11(3)13(6-9)18-8-15-17-12(4)14(7-16)19-15/h5-6H,7-8,16H2,1-4H3. The molecule has 0 spiro atoms. The Morgan fingerprint density at radius 1 is 1.21 bits per heavy atom. The van der Waals surface area contributed by atoms with Gasteiger partial charge in [0.1, 0.15) is 17.4 Å². The Kier molecular flexibility index (Phi) is 4.22. The van der Waals surface area contributed by atoms with Gasteiger partial charge in [0, 0.05) is 11.4 Å². The largest absolute Gasteiger partial charge is 0.486 e. The number of rotatable bonds is 4. The van der Waals surface area contributed by atoms with Gasteiger partial charge in [0.05, 0.1) is 5.69 Å². The summed E-state index contributed by atoms with van der Waals surface area (Å²) in [6.45, 7) is 9.32. The quantitative estimate of drug-likeness (QED) is 0.931. The fraction of sp³-hybridized carbons (Fsp3) is 0.400. The van der Waals surface area contributed by atoms with E-state index in [4.69, 9.17) is 10.5 Å². The minimum absolute atomic E-state index is 0.509. The highest BCUT2D eigenvalue weighted by Crippen LogP contribution is 2.25. The summed E-state index contributed by atoms with van der Waals surface area (Å²) in [6, 6.07) is 4.24. The molecule has 102 valence electrons. The zero-order valence-corrected chi connectivity index (χ0v) is 12.7. The first-order valence-corrected chi connectivity index (χ1v) is 7.18. The second kappa shape index (κ2) is 5.72. The molecular formula is C15H20N2OS. The molecule has 2 aromatic rings. The second-order valence-corrected chi connectivity index (χ2v) is 5.98. The van der Waals surface area contributed by atoms with Crippen molar-refractivity contribution in [2.45, 2.75) is 40.8 Å². The number of nitrogens with two attached hydrogens (primary N) is 1. The highest BCUT2D eigenvalue weighted by molar-refractivity contribution is 7.11. The monoisotopic (exact) mass is 276 g/mol. The molecule has 1 aromatic carbocycles. The van der Waals surface area contributed by atoms with E-state index in [0.717, 1.165) is 21.3 Å². The molecule has 0 amide bonds. The van der Waals surface area contributed by atoms with Gasteiger partial charge < -0.3 is 10.5 Å². The van der Waals surface area contributed by atoms with Gasteiger partial charge in [-0.15, -0.1) is 11.3 Å². The smallest absolute Gasteiger partial charge is 0.140 e. The van der Waals surface area contributed by atoms with E-state index < -0.39 is 0 Å². The van der Waals surface area contributed by atoms with Crippen LogP contribution < -0.4 is 10.5 Å². The number of hydrogen-bond acceptors (Lipinski definition) is 4. The van der Waals surface area contributed by atoms with Crippen LogP contribution in [0, 0.1) is 27.7 Å². The SMILES string of the molecule is Cc1cc(C)c(C)c(OCc2nc(C)c(CN)s2)c1. The molecule has 0 bridgehead atoms. The summed E-state index contributed by atoms with van der Waals surface area (Å²) in [5.74, 6) is 0.944. The van der Waals surface area contributed by atoms with E-state index in [1.807, 2.05) is 6.92 Å². The van der Waals surface area contributed by atoms with Gasteiger partial charge in [-0.1, -0.05) is 6.07 Å². The Morgan fingerprint density at radius 2 is 1.95 bits per heavy atom. The van der Waals surface area contributed by atoms with Crippen molar-refractivity contribution in [3.63, 3.8) is 0 Å². The van der Waals surface area contributed by atoms with E-state index in [0.29, 0.717) is 13.2 Å². The normalized spacial score (nSPS) is 10.8. The van der Waals surface area contributed by atoms with Crippen LogP contribution in [0.3, 0.4) is 0 Å². The third-order valence-electron chi connectivity index (χ3n) is 3.24. The first kappa shape index (κ1) is 14.0. The lowest BCUT2D eigenvalue weighted by Crippen LogP contribution is -1.98. The van der Waals surface area contributed by atoms with E-state index in [1.165, 1.54) is 16.7 Å². The summed E-state index contributed by atoms with van der Waals surface area (Å²) in [6.07, 6.45) is 0. The maximum Gasteiger partial charge on any atom is 0.140 e. The molecule has 0 aliphatic heterocycles. The van der Waals surface area contributed by atoms with Crippen molar-refractivity contribution in [3.05, 3.63) is 44.4 Å². The summed E-state index contributed by atoms with van der Waals surface area (Å²) in [4.78, 5) is 5.62. The van der Waals surface area contributed by atoms with E-state index in [1.54, 1.807) is 11.3 Å². The Balaban J connectivity index is 2.14. The van der Waals surface area contributed by atoms with Crippen LogP contribution in [0.2, 0.25) is 0 Å². The van der Waals surface area contributed by atoms with Crippen LogP contribution in [0.15, 0.2) is 12.1 Å². The summed E-state index contributed by atoms with van der Waals surface area (Å²) < 4.78 is 5.90. The third-order valence-corrected chi connectivity index (χ3v) is 4.39.